The first-order valence-corrected chi connectivity index (χ1v) is 7.22. The van der Waals surface area contributed by atoms with Gasteiger partial charge < -0.3 is 5.32 Å². The first-order chi connectivity index (χ1) is 7.64. The molecule has 1 atom stereocenters. The lowest BCUT2D eigenvalue weighted by atomic mass is 9.98. The van der Waals surface area contributed by atoms with Gasteiger partial charge in [-0.2, -0.15) is 0 Å². The van der Waals surface area contributed by atoms with E-state index in [9.17, 15) is 0 Å². The van der Waals surface area contributed by atoms with E-state index in [1.165, 1.54) is 30.7 Å². The van der Waals surface area contributed by atoms with E-state index in [1.54, 1.807) is 11.3 Å². The minimum atomic E-state index is 0.0773. The van der Waals surface area contributed by atoms with Crippen LogP contribution in [0.2, 0.25) is 0 Å². The molecule has 0 amide bonds. The van der Waals surface area contributed by atoms with Crippen molar-refractivity contribution >= 4 is 11.3 Å². The van der Waals surface area contributed by atoms with Crippen LogP contribution in [0, 0.1) is 6.92 Å². The van der Waals surface area contributed by atoms with Crippen LogP contribution in [0.1, 0.15) is 56.7 Å². The maximum Gasteiger partial charge on any atom is 0.113 e. The Hall–Kier alpha value is -0.410. The average molecular weight is 238 g/mol. The summed E-state index contributed by atoms with van der Waals surface area (Å²) < 4.78 is 0. The fourth-order valence-electron chi connectivity index (χ4n) is 2.44. The summed E-state index contributed by atoms with van der Waals surface area (Å²) in [6.45, 7) is 6.62. The molecule has 90 valence electrons. The summed E-state index contributed by atoms with van der Waals surface area (Å²) in [5, 5.41) is 7.22. The molecule has 0 spiro atoms. The number of hydrogen-bond acceptors (Lipinski definition) is 3. The van der Waals surface area contributed by atoms with Crippen molar-refractivity contribution in [2.45, 2.75) is 64.5 Å². The van der Waals surface area contributed by atoms with Crippen LogP contribution in [0.25, 0.3) is 0 Å². The van der Waals surface area contributed by atoms with Crippen molar-refractivity contribution in [2.24, 2.45) is 0 Å². The number of aromatic nitrogens is 1. The molecule has 1 aliphatic rings. The van der Waals surface area contributed by atoms with Crippen molar-refractivity contribution in [3.05, 3.63) is 16.1 Å². The predicted molar refractivity (Wildman–Crippen MR) is 69.9 cm³/mol. The molecule has 1 N–H and O–H groups in total. The molecule has 1 fully saturated rings. The Morgan fingerprint density at radius 3 is 2.69 bits per heavy atom. The zero-order valence-electron chi connectivity index (χ0n) is 10.5. The maximum atomic E-state index is 4.65. The van der Waals surface area contributed by atoms with Crippen LogP contribution in [-0.2, 0) is 5.54 Å². The molecule has 1 aromatic heterocycles. The molecule has 1 unspecified atom stereocenters. The highest BCUT2D eigenvalue weighted by molar-refractivity contribution is 7.09. The highest BCUT2D eigenvalue weighted by Gasteiger charge is 2.31. The van der Waals surface area contributed by atoms with Gasteiger partial charge in [0.15, 0.2) is 0 Å². The summed E-state index contributed by atoms with van der Waals surface area (Å²) >= 11 is 1.79. The molecule has 1 aromatic rings. The van der Waals surface area contributed by atoms with Gasteiger partial charge in [0, 0.05) is 17.1 Å². The van der Waals surface area contributed by atoms with Gasteiger partial charge in [0.1, 0.15) is 5.01 Å². The molecule has 0 radical (unpaired) electrons. The van der Waals surface area contributed by atoms with Gasteiger partial charge in [-0.05, 0) is 33.1 Å². The molecule has 16 heavy (non-hydrogen) atoms. The number of hydrogen-bond donors (Lipinski definition) is 1. The number of nitrogens with one attached hydrogen (secondary N) is 1. The zero-order valence-corrected chi connectivity index (χ0v) is 11.4. The summed E-state index contributed by atoms with van der Waals surface area (Å²) in [6.07, 6.45) is 6.54. The number of nitrogens with zero attached hydrogens (tertiary/aromatic N) is 1. The van der Waals surface area contributed by atoms with E-state index >= 15 is 0 Å². The van der Waals surface area contributed by atoms with Crippen molar-refractivity contribution in [1.82, 2.24) is 10.3 Å². The normalized spacial score (nSPS) is 21.2. The third-order valence-electron chi connectivity index (χ3n) is 3.68. The van der Waals surface area contributed by atoms with Crippen LogP contribution in [0.5, 0.6) is 0 Å². The van der Waals surface area contributed by atoms with E-state index in [4.69, 9.17) is 0 Å². The first kappa shape index (κ1) is 12.1. The third-order valence-corrected chi connectivity index (χ3v) is 4.90. The Morgan fingerprint density at radius 1 is 1.50 bits per heavy atom. The number of thiazole rings is 1. The lowest BCUT2D eigenvalue weighted by Crippen LogP contribution is -2.44. The van der Waals surface area contributed by atoms with E-state index in [0.717, 1.165) is 12.1 Å². The lowest BCUT2D eigenvalue weighted by Gasteiger charge is -2.31. The Labute approximate surface area is 102 Å². The second kappa shape index (κ2) is 4.84. The monoisotopic (exact) mass is 238 g/mol. The van der Waals surface area contributed by atoms with Gasteiger partial charge in [-0.15, -0.1) is 11.3 Å². The van der Waals surface area contributed by atoms with E-state index in [0.29, 0.717) is 6.04 Å². The molecule has 2 rings (SSSR count). The predicted octanol–water partition coefficient (Wildman–Crippen LogP) is 3.61. The lowest BCUT2D eigenvalue weighted by molar-refractivity contribution is 0.303. The van der Waals surface area contributed by atoms with Crippen LogP contribution < -0.4 is 5.32 Å². The Balaban J connectivity index is 2.11. The SMILES string of the molecule is CCC(C)(NC1CCCC1)c1nc(C)cs1. The summed E-state index contributed by atoms with van der Waals surface area (Å²) in [5.41, 5.74) is 1.22. The van der Waals surface area contributed by atoms with Gasteiger partial charge in [0.05, 0.1) is 5.54 Å². The van der Waals surface area contributed by atoms with Crippen LogP contribution >= 0.6 is 11.3 Å². The second-order valence-corrected chi connectivity index (χ2v) is 5.96. The molecule has 0 bridgehead atoms. The summed E-state index contributed by atoms with van der Waals surface area (Å²) in [4.78, 5) is 4.65. The second-order valence-electron chi connectivity index (χ2n) is 5.11. The van der Waals surface area contributed by atoms with Gasteiger partial charge in [-0.1, -0.05) is 19.8 Å². The van der Waals surface area contributed by atoms with E-state index in [1.807, 2.05) is 0 Å². The quantitative estimate of drug-likeness (QED) is 0.867. The largest absolute Gasteiger partial charge is 0.303 e. The zero-order chi connectivity index (χ0) is 11.6. The van der Waals surface area contributed by atoms with E-state index in [2.05, 4.69) is 36.5 Å². The van der Waals surface area contributed by atoms with Crippen molar-refractivity contribution in [2.75, 3.05) is 0 Å². The van der Waals surface area contributed by atoms with Crippen LogP contribution in [-0.4, -0.2) is 11.0 Å². The highest BCUT2D eigenvalue weighted by atomic mass is 32.1. The molecule has 3 heteroatoms. The Kier molecular flexibility index (Phi) is 3.65. The Morgan fingerprint density at radius 2 is 2.19 bits per heavy atom. The van der Waals surface area contributed by atoms with Crippen molar-refractivity contribution in [1.29, 1.82) is 0 Å². The molecule has 1 aliphatic carbocycles. The fourth-order valence-corrected chi connectivity index (χ4v) is 3.44. The summed E-state index contributed by atoms with van der Waals surface area (Å²) in [5.74, 6) is 0. The average Bonchev–Trinajstić information content (AvgIpc) is 2.89. The number of rotatable bonds is 4. The fraction of sp³-hybridized carbons (Fsp3) is 0.769. The number of aryl methyl sites for hydroxylation is 1. The van der Waals surface area contributed by atoms with Gasteiger partial charge in [0.2, 0.25) is 0 Å². The van der Waals surface area contributed by atoms with Gasteiger partial charge in [-0.25, -0.2) is 4.98 Å². The van der Waals surface area contributed by atoms with Crippen LogP contribution in [0.3, 0.4) is 0 Å². The molecule has 1 saturated carbocycles. The minimum Gasteiger partial charge on any atom is -0.303 e. The van der Waals surface area contributed by atoms with Crippen molar-refractivity contribution < 1.29 is 0 Å². The van der Waals surface area contributed by atoms with Crippen LogP contribution in [0.4, 0.5) is 0 Å². The molecule has 1 heterocycles. The topological polar surface area (TPSA) is 24.9 Å². The van der Waals surface area contributed by atoms with Crippen molar-refractivity contribution in [3.63, 3.8) is 0 Å². The van der Waals surface area contributed by atoms with E-state index in [-0.39, 0.29) is 5.54 Å². The van der Waals surface area contributed by atoms with Gasteiger partial charge in [0.25, 0.3) is 0 Å². The van der Waals surface area contributed by atoms with Gasteiger partial charge in [-0.3, -0.25) is 0 Å². The standard InChI is InChI=1S/C13H22N2S/c1-4-13(3,12-14-10(2)9-16-12)15-11-7-5-6-8-11/h9,11,15H,4-8H2,1-3H3. The minimum absolute atomic E-state index is 0.0773. The smallest absolute Gasteiger partial charge is 0.113 e. The molecular formula is C13H22N2S. The molecule has 0 aromatic carbocycles. The van der Waals surface area contributed by atoms with Crippen molar-refractivity contribution in [3.8, 4) is 0 Å². The molecule has 2 nitrogen and oxygen atoms in total. The van der Waals surface area contributed by atoms with Gasteiger partial charge >= 0.3 is 0 Å². The first-order valence-electron chi connectivity index (χ1n) is 6.34. The highest BCUT2D eigenvalue weighted by Crippen LogP contribution is 2.30. The molecule has 0 aliphatic heterocycles. The molecular weight excluding hydrogens is 216 g/mol. The third kappa shape index (κ3) is 2.46. The summed E-state index contributed by atoms with van der Waals surface area (Å²) in [7, 11) is 0. The Bertz CT molecular complexity index is 341. The van der Waals surface area contributed by atoms with Crippen LogP contribution in [0.15, 0.2) is 5.38 Å². The summed E-state index contributed by atoms with van der Waals surface area (Å²) in [6, 6.07) is 0.703. The molecule has 0 saturated heterocycles. The maximum absolute atomic E-state index is 4.65. The van der Waals surface area contributed by atoms with E-state index < -0.39 is 0 Å².